The van der Waals surface area contributed by atoms with Gasteiger partial charge in [-0.05, 0) is 36.6 Å². The molecule has 1 aromatic carbocycles. The van der Waals surface area contributed by atoms with Crippen LogP contribution in [-0.4, -0.2) is 33.1 Å². The van der Waals surface area contributed by atoms with Crippen molar-refractivity contribution in [2.24, 2.45) is 0 Å². The summed E-state index contributed by atoms with van der Waals surface area (Å²) >= 11 is 0. The van der Waals surface area contributed by atoms with E-state index in [9.17, 15) is 9.90 Å². The van der Waals surface area contributed by atoms with Crippen molar-refractivity contribution in [3.63, 3.8) is 0 Å². The molecular formula is C17H22N4O2. The lowest BCUT2D eigenvalue weighted by Crippen LogP contribution is -2.44. The Kier molecular flexibility index (Phi) is 4.62. The van der Waals surface area contributed by atoms with Crippen molar-refractivity contribution in [3.05, 3.63) is 48.3 Å². The van der Waals surface area contributed by atoms with Gasteiger partial charge in [0.05, 0.1) is 11.3 Å². The molecule has 1 fully saturated rings. The molecule has 1 heterocycles. The van der Waals surface area contributed by atoms with Gasteiger partial charge in [0.15, 0.2) is 0 Å². The molecule has 0 spiro atoms. The van der Waals surface area contributed by atoms with Crippen molar-refractivity contribution in [2.75, 3.05) is 6.54 Å². The first-order valence-corrected chi connectivity index (χ1v) is 7.98. The third-order valence-electron chi connectivity index (χ3n) is 4.27. The average molecular weight is 314 g/mol. The van der Waals surface area contributed by atoms with Crippen molar-refractivity contribution >= 4 is 6.03 Å². The van der Waals surface area contributed by atoms with Crippen molar-refractivity contribution in [1.82, 2.24) is 20.4 Å². The third kappa shape index (κ3) is 4.10. The summed E-state index contributed by atoms with van der Waals surface area (Å²) < 4.78 is 1.78. The van der Waals surface area contributed by atoms with Crippen molar-refractivity contribution in [1.29, 1.82) is 0 Å². The number of carbonyl (C=O) groups is 1. The number of aromatic nitrogens is 2. The number of urea groups is 1. The van der Waals surface area contributed by atoms with Crippen molar-refractivity contribution < 1.29 is 9.90 Å². The van der Waals surface area contributed by atoms with Gasteiger partial charge in [0.1, 0.15) is 0 Å². The van der Waals surface area contributed by atoms with E-state index in [1.54, 1.807) is 10.9 Å². The van der Waals surface area contributed by atoms with E-state index >= 15 is 0 Å². The maximum absolute atomic E-state index is 11.8. The molecule has 0 aliphatic heterocycles. The highest BCUT2D eigenvalue weighted by Gasteiger charge is 2.31. The second-order valence-corrected chi connectivity index (χ2v) is 6.08. The van der Waals surface area contributed by atoms with Crippen LogP contribution in [0.4, 0.5) is 4.79 Å². The fraction of sp³-hybridized carbons (Fsp3) is 0.412. The summed E-state index contributed by atoms with van der Waals surface area (Å²) in [5.74, 6) is 0. The highest BCUT2D eigenvalue weighted by molar-refractivity contribution is 5.73. The van der Waals surface area contributed by atoms with Crippen LogP contribution >= 0.6 is 0 Å². The molecule has 3 rings (SSSR count). The molecule has 2 aromatic rings. The molecule has 122 valence electrons. The van der Waals surface area contributed by atoms with Gasteiger partial charge in [0, 0.05) is 25.5 Å². The van der Waals surface area contributed by atoms with E-state index in [-0.39, 0.29) is 6.03 Å². The molecule has 1 saturated carbocycles. The van der Waals surface area contributed by atoms with E-state index in [0.29, 0.717) is 13.1 Å². The highest BCUT2D eigenvalue weighted by atomic mass is 16.3. The molecule has 0 bridgehead atoms. The highest BCUT2D eigenvalue weighted by Crippen LogP contribution is 2.28. The second kappa shape index (κ2) is 6.83. The monoisotopic (exact) mass is 314 g/mol. The molecular weight excluding hydrogens is 292 g/mol. The minimum atomic E-state index is -0.719. The number of carbonyl (C=O) groups excluding carboxylic acids is 1. The van der Waals surface area contributed by atoms with Crippen LogP contribution < -0.4 is 10.6 Å². The minimum Gasteiger partial charge on any atom is -0.388 e. The predicted octanol–water partition coefficient (Wildman–Crippen LogP) is 1.98. The number of hydrogen-bond donors (Lipinski definition) is 3. The SMILES string of the molecule is O=C(NCc1ccc(-n2cccn2)cc1)NCC1(O)CCCC1. The lowest BCUT2D eigenvalue weighted by Gasteiger charge is -2.22. The standard InChI is InChI=1S/C17H22N4O2/c22-16(19-13-17(23)8-1-2-9-17)18-12-14-4-6-15(7-5-14)21-11-3-10-20-21/h3-7,10-11,23H,1-2,8-9,12-13H2,(H2,18,19,22). The summed E-state index contributed by atoms with van der Waals surface area (Å²) in [6.07, 6.45) is 7.21. The number of hydrogen-bond acceptors (Lipinski definition) is 3. The minimum absolute atomic E-state index is 0.249. The zero-order valence-electron chi connectivity index (χ0n) is 13.0. The second-order valence-electron chi connectivity index (χ2n) is 6.08. The Hall–Kier alpha value is -2.34. The maximum atomic E-state index is 11.8. The normalized spacial score (nSPS) is 16.2. The number of nitrogens with one attached hydrogen (secondary N) is 2. The van der Waals surface area contributed by atoms with E-state index in [1.165, 1.54) is 0 Å². The number of nitrogens with zero attached hydrogens (tertiary/aromatic N) is 2. The van der Waals surface area contributed by atoms with Crippen LogP contribution in [0.5, 0.6) is 0 Å². The van der Waals surface area contributed by atoms with E-state index in [0.717, 1.165) is 36.9 Å². The quantitative estimate of drug-likeness (QED) is 0.789. The Morgan fingerprint density at radius 1 is 1.22 bits per heavy atom. The van der Waals surface area contributed by atoms with E-state index in [1.807, 2.05) is 36.5 Å². The molecule has 3 N–H and O–H groups in total. The molecule has 0 atom stereocenters. The first kappa shape index (κ1) is 15.6. The fourth-order valence-corrected chi connectivity index (χ4v) is 2.89. The lowest BCUT2D eigenvalue weighted by atomic mass is 10.0. The van der Waals surface area contributed by atoms with Crippen LogP contribution in [-0.2, 0) is 6.54 Å². The Bertz CT molecular complexity index is 631. The van der Waals surface area contributed by atoms with Crippen LogP contribution in [0.3, 0.4) is 0 Å². The summed E-state index contributed by atoms with van der Waals surface area (Å²) in [5.41, 5.74) is 1.27. The summed E-state index contributed by atoms with van der Waals surface area (Å²) in [4.78, 5) is 11.8. The molecule has 0 saturated heterocycles. The third-order valence-corrected chi connectivity index (χ3v) is 4.27. The van der Waals surface area contributed by atoms with Crippen molar-refractivity contribution in [3.8, 4) is 5.69 Å². The zero-order valence-corrected chi connectivity index (χ0v) is 13.0. The van der Waals surface area contributed by atoms with E-state index in [4.69, 9.17) is 0 Å². The molecule has 1 aromatic heterocycles. The smallest absolute Gasteiger partial charge is 0.315 e. The van der Waals surface area contributed by atoms with Gasteiger partial charge in [-0.2, -0.15) is 5.10 Å². The van der Waals surface area contributed by atoms with Crippen LogP contribution in [0, 0.1) is 0 Å². The number of aliphatic hydroxyl groups is 1. The molecule has 6 heteroatoms. The van der Waals surface area contributed by atoms with Gasteiger partial charge < -0.3 is 15.7 Å². The first-order valence-electron chi connectivity index (χ1n) is 7.98. The van der Waals surface area contributed by atoms with Gasteiger partial charge in [0.2, 0.25) is 0 Å². The fourth-order valence-electron chi connectivity index (χ4n) is 2.89. The van der Waals surface area contributed by atoms with Crippen molar-refractivity contribution in [2.45, 2.75) is 37.8 Å². The zero-order chi connectivity index (χ0) is 16.1. The molecule has 0 radical (unpaired) electrons. The summed E-state index contributed by atoms with van der Waals surface area (Å²) in [7, 11) is 0. The molecule has 1 aliphatic carbocycles. The number of amides is 2. The summed E-state index contributed by atoms with van der Waals surface area (Å²) in [6.45, 7) is 0.765. The average Bonchev–Trinajstić information content (AvgIpc) is 3.24. The maximum Gasteiger partial charge on any atom is 0.315 e. The van der Waals surface area contributed by atoms with E-state index in [2.05, 4.69) is 15.7 Å². The van der Waals surface area contributed by atoms with Gasteiger partial charge in [-0.25, -0.2) is 9.48 Å². The summed E-state index contributed by atoms with van der Waals surface area (Å²) in [5, 5.41) is 19.9. The first-order chi connectivity index (χ1) is 11.1. The number of rotatable bonds is 5. The largest absolute Gasteiger partial charge is 0.388 e. The van der Waals surface area contributed by atoms with Gasteiger partial charge in [-0.1, -0.05) is 25.0 Å². The van der Waals surface area contributed by atoms with Crippen LogP contribution in [0.1, 0.15) is 31.2 Å². The van der Waals surface area contributed by atoms with E-state index < -0.39 is 5.60 Å². The number of benzene rings is 1. The van der Waals surface area contributed by atoms with Gasteiger partial charge in [0.25, 0.3) is 0 Å². The van der Waals surface area contributed by atoms with Crippen LogP contribution in [0.2, 0.25) is 0 Å². The molecule has 2 amide bonds. The lowest BCUT2D eigenvalue weighted by molar-refractivity contribution is 0.0501. The Balaban J connectivity index is 1.45. The Labute approximate surface area is 135 Å². The predicted molar refractivity (Wildman–Crippen MR) is 87.2 cm³/mol. The molecule has 1 aliphatic rings. The molecule has 0 unspecified atom stereocenters. The van der Waals surface area contributed by atoms with Gasteiger partial charge >= 0.3 is 6.03 Å². The van der Waals surface area contributed by atoms with Crippen LogP contribution in [0.15, 0.2) is 42.7 Å². The van der Waals surface area contributed by atoms with Gasteiger partial charge in [-0.3, -0.25) is 0 Å². The molecule has 23 heavy (non-hydrogen) atoms. The topological polar surface area (TPSA) is 79.2 Å². The Morgan fingerprint density at radius 3 is 2.61 bits per heavy atom. The van der Waals surface area contributed by atoms with Crippen LogP contribution in [0.25, 0.3) is 5.69 Å². The summed E-state index contributed by atoms with van der Waals surface area (Å²) in [6, 6.07) is 9.47. The molecule has 6 nitrogen and oxygen atoms in total. The Morgan fingerprint density at radius 2 is 1.96 bits per heavy atom. The van der Waals surface area contributed by atoms with Gasteiger partial charge in [-0.15, -0.1) is 0 Å².